The lowest BCUT2D eigenvalue weighted by Gasteiger charge is -2.34. The van der Waals surface area contributed by atoms with E-state index in [1.807, 2.05) is 6.20 Å². The third-order valence-corrected chi connectivity index (χ3v) is 4.09. The molecule has 0 unspecified atom stereocenters. The summed E-state index contributed by atoms with van der Waals surface area (Å²) in [4.78, 5) is 7.20. The van der Waals surface area contributed by atoms with Crippen LogP contribution in [0.25, 0.3) is 5.52 Å². The van der Waals surface area contributed by atoms with E-state index in [4.69, 9.17) is 0 Å². The Balaban J connectivity index is 1.80. The van der Waals surface area contributed by atoms with Crippen LogP contribution in [0.1, 0.15) is 38.4 Å². The van der Waals surface area contributed by atoms with Crippen LogP contribution >= 0.6 is 0 Å². The summed E-state index contributed by atoms with van der Waals surface area (Å²) >= 11 is 0. The second-order valence-electron chi connectivity index (χ2n) is 5.52. The van der Waals surface area contributed by atoms with Crippen molar-refractivity contribution in [3.63, 3.8) is 0 Å². The van der Waals surface area contributed by atoms with Gasteiger partial charge in [0.2, 0.25) is 0 Å². The first-order chi connectivity index (χ1) is 8.75. The summed E-state index contributed by atoms with van der Waals surface area (Å²) in [5.74, 6) is 1.86. The van der Waals surface area contributed by atoms with Gasteiger partial charge >= 0.3 is 0 Å². The zero-order valence-corrected chi connectivity index (χ0v) is 11.2. The minimum Gasteiger partial charge on any atom is -0.304 e. The van der Waals surface area contributed by atoms with Crippen LogP contribution in [0, 0.1) is 0 Å². The highest BCUT2D eigenvalue weighted by molar-refractivity contribution is 5.45. The van der Waals surface area contributed by atoms with Gasteiger partial charge in [-0.05, 0) is 51.9 Å². The Labute approximate surface area is 108 Å². The molecule has 2 aromatic rings. The number of hydrogen-bond acceptors (Lipinski definition) is 2. The van der Waals surface area contributed by atoms with Gasteiger partial charge in [-0.15, -0.1) is 0 Å². The van der Waals surface area contributed by atoms with Gasteiger partial charge in [-0.1, -0.05) is 6.07 Å². The predicted octanol–water partition coefficient (Wildman–Crippen LogP) is 2.92. The van der Waals surface area contributed by atoms with Crippen LogP contribution in [-0.4, -0.2) is 33.4 Å². The Hall–Kier alpha value is -1.35. The van der Waals surface area contributed by atoms with Gasteiger partial charge in [-0.25, -0.2) is 4.98 Å². The number of imidazole rings is 1. The van der Waals surface area contributed by atoms with E-state index >= 15 is 0 Å². The Morgan fingerprint density at radius 1 is 1.22 bits per heavy atom. The van der Waals surface area contributed by atoms with E-state index in [-0.39, 0.29) is 0 Å². The van der Waals surface area contributed by atoms with E-state index < -0.39 is 0 Å². The minimum atomic E-state index is 0.616. The lowest BCUT2D eigenvalue weighted by molar-refractivity contribution is 0.169. The fraction of sp³-hybridized carbons (Fsp3) is 0.533. The van der Waals surface area contributed by atoms with Gasteiger partial charge in [0.25, 0.3) is 0 Å². The molecule has 3 rings (SSSR count). The summed E-state index contributed by atoms with van der Waals surface area (Å²) in [6, 6.07) is 6.95. The Morgan fingerprint density at radius 3 is 2.72 bits per heavy atom. The molecule has 96 valence electrons. The summed E-state index contributed by atoms with van der Waals surface area (Å²) in [6.45, 7) is 6.96. The summed E-state index contributed by atoms with van der Waals surface area (Å²) in [5.41, 5.74) is 1.21. The van der Waals surface area contributed by atoms with Crippen LogP contribution in [0.3, 0.4) is 0 Å². The summed E-state index contributed by atoms with van der Waals surface area (Å²) < 4.78 is 2.25. The number of likely N-dealkylation sites (tertiary alicyclic amines) is 1. The molecule has 0 bridgehead atoms. The van der Waals surface area contributed by atoms with Crippen LogP contribution < -0.4 is 0 Å². The zero-order valence-electron chi connectivity index (χ0n) is 11.2. The van der Waals surface area contributed by atoms with E-state index in [0.29, 0.717) is 12.0 Å². The first kappa shape index (κ1) is 11.7. The van der Waals surface area contributed by atoms with Crippen LogP contribution in [-0.2, 0) is 0 Å². The first-order valence-electron chi connectivity index (χ1n) is 6.92. The van der Waals surface area contributed by atoms with Gasteiger partial charge in [-0.2, -0.15) is 0 Å². The average molecular weight is 243 g/mol. The van der Waals surface area contributed by atoms with Crippen molar-refractivity contribution < 1.29 is 0 Å². The lowest BCUT2D eigenvalue weighted by Crippen LogP contribution is -2.38. The third-order valence-electron chi connectivity index (χ3n) is 4.09. The largest absolute Gasteiger partial charge is 0.304 e. The zero-order chi connectivity index (χ0) is 12.5. The standard InChI is InChI=1S/C15H21N3/c1-12(2)17-9-6-13(7-10-17)15-16-11-14-5-3-4-8-18(14)15/h3-5,8,11-13H,6-7,9-10H2,1-2H3. The quantitative estimate of drug-likeness (QED) is 0.808. The molecule has 0 radical (unpaired) electrons. The maximum absolute atomic E-state index is 4.63. The number of hydrogen-bond donors (Lipinski definition) is 0. The highest BCUT2D eigenvalue weighted by Gasteiger charge is 2.24. The van der Waals surface area contributed by atoms with Gasteiger partial charge < -0.3 is 9.30 Å². The van der Waals surface area contributed by atoms with Gasteiger partial charge in [-0.3, -0.25) is 0 Å². The molecule has 18 heavy (non-hydrogen) atoms. The summed E-state index contributed by atoms with van der Waals surface area (Å²) in [6.07, 6.45) is 6.58. The van der Waals surface area contributed by atoms with Gasteiger partial charge in [0, 0.05) is 18.2 Å². The van der Waals surface area contributed by atoms with Crippen molar-refractivity contribution in [2.24, 2.45) is 0 Å². The second-order valence-corrected chi connectivity index (χ2v) is 5.52. The van der Waals surface area contributed by atoms with Crippen molar-refractivity contribution in [1.82, 2.24) is 14.3 Å². The fourth-order valence-electron chi connectivity index (χ4n) is 2.94. The number of pyridine rings is 1. The topological polar surface area (TPSA) is 20.5 Å². The maximum atomic E-state index is 4.63. The number of rotatable bonds is 2. The van der Waals surface area contributed by atoms with Gasteiger partial charge in [0.15, 0.2) is 0 Å². The molecule has 0 aromatic carbocycles. The predicted molar refractivity (Wildman–Crippen MR) is 73.9 cm³/mol. The molecule has 1 saturated heterocycles. The molecule has 1 fully saturated rings. The molecule has 1 aliphatic rings. The molecule has 0 atom stereocenters. The van der Waals surface area contributed by atoms with Crippen molar-refractivity contribution >= 4 is 5.52 Å². The number of nitrogens with zero attached hydrogens (tertiary/aromatic N) is 3. The van der Waals surface area contributed by atoms with Crippen molar-refractivity contribution in [3.8, 4) is 0 Å². The van der Waals surface area contributed by atoms with Crippen molar-refractivity contribution in [2.45, 2.75) is 38.6 Å². The van der Waals surface area contributed by atoms with Crippen LogP contribution in [0.15, 0.2) is 30.6 Å². The summed E-state index contributed by atoms with van der Waals surface area (Å²) in [7, 11) is 0. The molecule has 0 saturated carbocycles. The third kappa shape index (κ3) is 2.03. The van der Waals surface area contributed by atoms with Crippen LogP contribution in [0.4, 0.5) is 0 Å². The molecule has 0 aliphatic carbocycles. The number of aromatic nitrogens is 2. The monoisotopic (exact) mass is 243 g/mol. The van der Waals surface area contributed by atoms with Crippen LogP contribution in [0.2, 0.25) is 0 Å². The number of piperidine rings is 1. The second kappa shape index (κ2) is 4.73. The van der Waals surface area contributed by atoms with E-state index in [1.165, 1.54) is 37.3 Å². The molecule has 1 aliphatic heterocycles. The normalized spacial score (nSPS) is 18.8. The van der Waals surface area contributed by atoms with Gasteiger partial charge in [0.1, 0.15) is 5.82 Å². The molecular formula is C15H21N3. The molecular weight excluding hydrogens is 222 g/mol. The molecule has 2 aromatic heterocycles. The average Bonchev–Trinajstić information content (AvgIpc) is 2.82. The van der Waals surface area contributed by atoms with Crippen LogP contribution in [0.5, 0.6) is 0 Å². The maximum Gasteiger partial charge on any atom is 0.116 e. The molecule has 0 amide bonds. The van der Waals surface area contributed by atoms with E-state index in [0.717, 1.165) is 0 Å². The SMILES string of the molecule is CC(C)N1CCC(c2ncc3ccccn23)CC1. The lowest BCUT2D eigenvalue weighted by atomic mass is 9.95. The highest BCUT2D eigenvalue weighted by atomic mass is 15.2. The molecule has 0 spiro atoms. The molecule has 0 N–H and O–H groups in total. The fourth-order valence-corrected chi connectivity index (χ4v) is 2.94. The summed E-state index contributed by atoms with van der Waals surface area (Å²) in [5, 5.41) is 0. The Bertz CT molecular complexity index is 521. The van der Waals surface area contributed by atoms with Gasteiger partial charge in [0.05, 0.1) is 11.7 Å². The van der Waals surface area contributed by atoms with E-state index in [2.05, 4.69) is 52.5 Å². The van der Waals surface area contributed by atoms with E-state index in [9.17, 15) is 0 Å². The Kier molecular flexibility index (Phi) is 3.08. The smallest absolute Gasteiger partial charge is 0.116 e. The molecule has 3 heteroatoms. The first-order valence-corrected chi connectivity index (χ1v) is 6.92. The highest BCUT2D eigenvalue weighted by Crippen LogP contribution is 2.28. The molecule has 3 nitrogen and oxygen atoms in total. The number of fused-ring (bicyclic) bond motifs is 1. The van der Waals surface area contributed by atoms with Crippen molar-refractivity contribution in [1.29, 1.82) is 0 Å². The van der Waals surface area contributed by atoms with E-state index in [1.54, 1.807) is 0 Å². The molecule has 3 heterocycles. The minimum absolute atomic E-state index is 0.616. The Morgan fingerprint density at radius 2 is 2.00 bits per heavy atom. The van der Waals surface area contributed by atoms with Crippen molar-refractivity contribution in [3.05, 3.63) is 36.4 Å². The van der Waals surface area contributed by atoms with Crippen molar-refractivity contribution in [2.75, 3.05) is 13.1 Å².